The molecule has 0 saturated carbocycles. The van der Waals surface area contributed by atoms with Crippen LogP contribution < -0.4 is 4.74 Å². The van der Waals surface area contributed by atoms with Crippen LogP contribution in [-0.2, 0) is 0 Å². The van der Waals surface area contributed by atoms with Crippen molar-refractivity contribution in [3.05, 3.63) is 68.1 Å². The molecule has 1 nitrogen and oxygen atoms in total. The average molecular weight is 348 g/mol. The van der Waals surface area contributed by atoms with Gasteiger partial charge in [0, 0.05) is 16.2 Å². The Morgan fingerprint density at radius 1 is 0.950 bits per heavy atom. The van der Waals surface area contributed by atoms with E-state index in [1.807, 2.05) is 24.3 Å². The molecule has 0 bridgehead atoms. The lowest BCUT2D eigenvalue weighted by Gasteiger charge is -2.13. The lowest BCUT2D eigenvalue weighted by molar-refractivity contribution is 0.415. The molecule has 0 N–H and O–H groups in total. The third-order valence-corrected chi connectivity index (χ3v) is 3.79. The number of methoxy groups -OCH3 is 1. The third-order valence-electron chi connectivity index (χ3n) is 2.77. The Morgan fingerprint density at radius 3 is 2.15 bits per heavy atom. The van der Waals surface area contributed by atoms with Crippen molar-refractivity contribution in [2.75, 3.05) is 7.11 Å². The molecular formula is C15H10Cl4O. The first kappa shape index (κ1) is 15.5. The third kappa shape index (κ3) is 3.24. The van der Waals surface area contributed by atoms with E-state index >= 15 is 0 Å². The molecule has 2 aromatic carbocycles. The van der Waals surface area contributed by atoms with Gasteiger partial charge in [-0.2, -0.15) is 0 Å². The first-order valence-corrected chi connectivity index (χ1v) is 7.20. The van der Waals surface area contributed by atoms with Crippen molar-refractivity contribution in [2.24, 2.45) is 0 Å². The van der Waals surface area contributed by atoms with E-state index in [2.05, 4.69) is 0 Å². The number of halogens is 4. The Bertz CT molecular complexity index is 643. The summed E-state index contributed by atoms with van der Waals surface area (Å²) >= 11 is 24.3. The monoisotopic (exact) mass is 346 g/mol. The van der Waals surface area contributed by atoms with Gasteiger partial charge in [0.05, 0.1) is 12.1 Å². The van der Waals surface area contributed by atoms with Gasteiger partial charge in [0.2, 0.25) is 0 Å². The van der Waals surface area contributed by atoms with Crippen LogP contribution >= 0.6 is 46.4 Å². The zero-order valence-electron chi connectivity index (χ0n) is 10.5. The maximum absolute atomic E-state index is 6.33. The molecule has 2 rings (SSSR count). The minimum atomic E-state index is 0.127. The van der Waals surface area contributed by atoms with Crippen LogP contribution in [0.4, 0.5) is 0 Å². The highest BCUT2D eigenvalue weighted by molar-refractivity contribution is 6.59. The second-order valence-electron chi connectivity index (χ2n) is 3.96. The van der Waals surface area contributed by atoms with Crippen LogP contribution in [0.3, 0.4) is 0 Å². The highest BCUT2D eigenvalue weighted by Crippen LogP contribution is 2.39. The number of rotatable bonds is 3. The van der Waals surface area contributed by atoms with E-state index in [1.54, 1.807) is 25.3 Å². The first-order chi connectivity index (χ1) is 9.54. The number of ether oxygens (including phenoxy) is 1. The Morgan fingerprint density at radius 2 is 1.60 bits per heavy atom. The summed E-state index contributed by atoms with van der Waals surface area (Å²) < 4.78 is 5.34. The Hall–Kier alpha value is -0.860. The van der Waals surface area contributed by atoms with Crippen LogP contribution in [0.2, 0.25) is 10.0 Å². The van der Waals surface area contributed by atoms with Gasteiger partial charge >= 0.3 is 0 Å². The van der Waals surface area contributed by atoms with Crippen LogP contribution in [0.15, 0.2) is 47.0 Å². The van der Waals surface area contributed by atoms with Gasteiger partial charge in [-0.1, -0.05) is 70.7 Å². The van der Waals surface area contributed by atoms with Crippen molar-refractivity contribution >= 4 is 52.0 Å². The quantitative estimate of drug-likeness (QED) is 0.642. The summed E-state index contributed by atoms with van der Waals surface area (Å²) in [4.78, 5) is 0. The molecule has 0 spiro atoms. The Balaban J connectivity index is 2.62. The van der Waals surface area contributed by atoms with E-state index in [4.69, 9.17) is 51.1 Å². The van der Waals surface area contributed by atoms with Gasteiger partial charge in [-0.25, -0.2) is 0 Å². The van der Waals surface area contributed by atoms with Crippen molar-refractivity contribution in [3.8, 4) is 5.75 Å². The SMILES string of the molecule is COc1cccc(C(=C(Cl)Cl)c2ccc(Cl)cc2)c1Cl. The van der Waals surface area contributed by atoms with Crippen LogP contribution in [0.25, 0.3) is 5.57 Å². The summed E-state index contributed by atoms with van der Waals surface area (Å²) in [6, 6.07) is 12.6. The van der Waals surface area contributed by atoms with Gasteiger partial charge in [0.25, 0.3) is 0 Å². The Labute approximate surface area is 137 Å². The van der Waals surface area contributed by atoms with Gasteiger partial charge in [-0.15, -0.1) is 0 Å². The summed E-state index contributed by atoms with van der Waals surface area (Å²) in [5, 5.41) is 1.09. The van der Waals surface area contributed by atoms with Gasteiger partial charge in [-0.05, 0) is 23.8 Å². The molecule has 0 aliphatic rings. The maximum atomic E-state index is 6.33. The largest absolute Gasteiger partial charge is 0.495 e. The first-order valence-electron chi connectivity index (χ1n) is 5.68. The van der Waals surface area contributed by atoms with E-state index in [-0.39, 0.29) is 4.49 Å². The van der Waals surface area contributed by atoms with Crippen molar-refractivity contribution in [1.29, 1.82) is 0 Å². The molecular weight excluding hydrogens is 338 g/mol. The molecule has 0 aliphatic heterocycles. The van der Waals surface area contributed by atoms with Gasteiger partial charge in [0.15, 0.2) is 0 Å². The number of benzene rings is 2. The average Bonchev–Trinajstić information content (AvgIpc) is 2.43. The van der Waals surface area contributed by atoms with E-state index in [9.17, 15) is 0 Å². The summed E-state index contributed by atoms with van der Waals surface area (Å²) in [6.07, 6.45) is 0. The topological polar surface area (TPSA) is 9.23 Å². The molecule has 0 atom stereocenters. The fourth-order valence-electron chi connectivity index (χ4n) is 1.84. The molecule has 0 amide bonds. The number of hydrogen-bond acceptors (Lipinski definition) is 1. The number of hydrogen-bond donors (Lipinski definition) is 0. The van der Waals surface area contributed by atoms with Crippen molar-refractivity contribution < 1.29 is 4.74 Å². The molecule has 20 heavy (non-hydrogen) atoms. The second-order valence-corrected chi connectivity index (χ2v) is 5.73. The molecule has 104 valence electrons. The van der Waals surface area contributed by atoms with E-state index < -0.39 is 0 Å². The summed E-state index contributed by atoms with van der Waals surface area (Å²) in [7, 11) is 1.55. The highest BCUT2D eigenvalue weighted by Gasteiger charge is 2.15. The van der Waals surface area contributed by atoms with E-state index in [0.29, 0.717) is 26.9 Å². The van der Waals surface area contributed by atoms with E-state index in [1.165, 1.54) is 0 Å². The standard InChI is InChI=1S/C15H10Cl4O/c1-20-12-4-2-3-11(14(12)17)13(15(18)19)9-5-7-10(16)8-6-9/h2-8H,1H3. The normalized spacial score (nSPS) is 10.2. The lowest BCUT2D eigenvalue weighted by Crippen LogP contribution is -1.93. The molecule has 0 saturated heterocycles. The molecule has 0 aromatic heterocycles. The van der Waals surface area contributed by atoms with Crippen molar-refractivity contribution in [3.63, 3.8) is 0 Å². The Kier molecular flexibility index (Phi) is 5.22. The fourth-order valence-corrected chi connectivity index (χ4v) is 2.69. The van der Waals surface area contributed by atoms with Gasteiger partial charge < -0.3 is 4.74 Å². The fraction of sp³-hybridized carbons (Fsp3) is 0.0667. The summed E-state index contributed by atoms with van der Waals surface area (Å²) in [5.41, 5.74) is 2.16. The zero-order chi connectivity index (χ0) is 14.7. The lowest BCUT2D eigenvalue weighted by atomic mass is 9.99. The van der Waals surface area contributed by atoms with Gasteiger partial charge in [0.1, 0.15) is 10.2 Å². The summed E-state index contributed by atoms with van der Waals surface area (Å²) in [5.74, 6) is 0.560. The molecule has 0 aliphatic carbocycles. The smallest absolute Gasteiger partial charge is 0.138 e. The maximum Gasteiger partial charge on any atom is 0.138 e. The highest BCUT2D eigenvalue weighted by atomic mass is 35.5. The van der Waals surface area contributed by atoms with Gasteiger partial charge in [-0.3, -0.25) is 0 Å². The van der Waals surface area contributed by atoms with Crippen LogP contribution in [0, 0.1) is 0 Å². The summed E-state index contributed by atoms with van der Waals surface area (Å²) in [6.45, 7) is 0. The molecule has 0 radical (unpaired) electrons. The molecule has 0 heterocycles. The van der Waals surface area contributed by atoms with E-state index in [0.717, 1.165) is 5.56 Å². The predicted octanol–water partition coefficient (Wildman–Crippen LogP) is 6.20. The molecule has 2 aromatic rings. The second kappa shape index (κ2) is 6.73. The van der Waals surface area contributed by atoms with Crippen LogP contribution in [0.1, 0.15) is 11.1 Å². The van der Waals surface area contributed by atoms with Crippen molar-refractivity contribution in [1.82, 2.24) is 0 Å². The molecule has 5 heteroatoms. The molecule has 0 unspecified atom stereocenters. The minimum Gasteiger partial charge on any atom is -0.495 e. The zero-order valence-corrected chi connectivity index (χ0v) is 13.5. The van der Waals surface area contributed by atoms with Crippen LogP contribution in [-0.4, -0.2) is 7.11 Å². The van der Waals surface area contributed by atoms with Crippen LogP contribution in [0.5, 0.6) is 5.75 Å². The minimum absolute atomic E-state index is 0.127. The predicted molar refractivity (Wildman–Crippen MR) is 87.2 cm³/mol. The van der Waals surface area contributed by atoms with Crippen molar-refractivity contribution in [2.45, 2.75) is 0 Å². The molecule has 0 fully saturated rings.